The number of nitrogen functional groups attached to an aromatic ring is 1. The minimum atomic E-state index is 0.684. The summed E-state index contributed by atoms with van der Waals surface area (Å²) in [5.74, 6) is 0.917. The lowest BCUT2D eigenvalue weighted by molar-refractivity contribution is 0.298. The van der Waals surface area contributed by atoms with Gasteiger partial charge in [0.05, 0.1) is 12.9 Å². The topological polar surface area (TPSA) is 53.1 Å². The van der Waals surface area contributed by atoms with Gasteiger partial charge in [-0.25, -0.2) is 4.98 Å². The molecule has 0 unspecified atom stereocenters. The number of aryl methyl sites for hydroxylation is 2. The van der Waals surface area contributed by atoms with Crippen LogP contribution >= 0.6 is 0 Å². The Kier molecular flexibility index (Phi) is 3.87. The van der Waals surface area contributed by atoms with E-state index in [1.54, 1.807) is 6.20 Å². The molecule has 0 bridgehead atoms. The van der Waals surface area contributed by atoms with Crippen molar-refractivity contribution < 1.29 is 4.74 Å². The summed E-state index contributed by atoms with van der Waals surface area (Å²) in [5.41, 5.74) is 8.82. The molecule has 4 heteroatoms. The maximum atomic E-state index is 5.88. The van der Waals surface area contributed by atoms with Crippen molar-refractivity contribution >= 4 is 5.69 Å². The number of aromatic nitrogens is 2. The summed E-state index contributed by atoms with van der Waals surface area (Å²) >= 11 is 0. The third-order valence-corrected chi connectivity index (χ3v) is 3.01. The van der Waals surface area contributed by atoms with E-state index >= 15 is 0 Å². The van der Waals surface area contributed by atoms with Crippen LogP contribution in [0.3, 0.4) is 0 Å². The summed E-state index contributed by atoms with van der Waals surface area (Å²) in [6, 6.07) is 3.91. The highest BCUT2D eigenvalue weighted by Crippen LogP contribution is 2.27. The van der Waals surface area contributed by atoms with Crippen LogP contribution < -0.4 is 10.5 Å². The average Bonchev–Trinajstić information content (AvgIpc) is 2.86. The molecular weight excluding hydrogens is 226 g/mol. The summed E-state index contributed by atoms with van der Waals surface area (Å²) in [4.78, 5) is 4.00. The molecule has 0 saturated carbocycles. The minimum absolute atomic E-state index is 0.684. The summed E-state index contributed by atoms with van der Waals surface area (Å²) in [6.07, 6.45) is 6.51. The highest BCUT2D eigenvalue weighted by Gasteiger charge is 2.06. The van der Waals surface area contributed by atoms with Crippen molar-refractivity contribution in [2.75, 3.05) is 12.3 Å². The van der Waals surface area contributed by atoms with Crippen LogP contribution in [-0.2, 0) is 6.54 Å². The fraction of sp³-hybridized carbons (Fsp3) is 0.357. The normalized spacial score (nSPS) is 10.6. The van der Waals surface area contributed by atoms with Crippen LogP contribution in [0.15, 0.2) is 30.9 Å². The quantitative estimate of drug-likeness (QED) is 0.650. The predicted octanol–water partition coefficient (Wildman–Crippen LogP) is 2.55. The number of anilines is 1. The van der Waals surface area contributed by atoms with Crippen molar-refractivity contribution in [1.29, 1.82) is 0 Å². The van der Waals surface area contributed by atoms with Crippen LogP contribution in [0.25, 0.3) is 0 Å². The van der Waals surface area contributed by atoms with Crippen molar-refractivity contribution in [2.24, 2.45) is 0 Å². The molecule has 2 rings (SSSR count). The highest BCUT2D eigenvalue weighted by molar-refractivity contribution is 5.56. The first-order valence-corrected chi connectivity index (χ1v) is 6.12. The van der Waals surface area contributed by atoms with E-state index < -0.39 is 0 Å². The zero-order valence-electron chi connectivity index (χ0n) is 10.9. The second-order valence-corrected chi connectivity index (χ2v) is 4.43. The molecule has 2 N–H and O–H groups in total. The zero-order valence-corrected chi connectivity index (χ0v) is 10.9. The van der Waals surface area contributed by atoms with Crippen molar-refractivity contribution in [1.82, 2.24) is 9.55 Å². The summed E-state index contributed by atoms with van der Waals surface area (Å²) in [7, 11) is 0. The van der Waals surface area contributed by atoms with Gasteiger partial charge in [0.1, 0.15) is 5.75 Å². The monoisotopic (exact) mass is 245 g/mol. The van der Waals surface area contributed by atoms with E-state index in [4.69, 9.17) is 10.5 Å². The molecule has 4 nitrogen and oxygen atoms in total. The Bertz CT molecular complexity index is 506. The van der Waals surface area contributed by atoms with Gasteiger partial charge in [-0.05, 0) is 31.9 Å². The van der Waals surface area contributed by atoms with Gasteiger partial charge in [0.25, 0.3) is 0 Å². The molecule has 0 radical (unpaired) electrons. The number of imidazole rings is 1. The number of rotatable bonds is 5. The number of benzene rings is 1. The number of nitrogens with two attached hydrogens (primary N) is 1. The van der Waals surface area contributed by atoms with Gasteiger partial charge in [0.2, 0.25) is 0 Å². The molecule has 96 valence electrons. The summed E-state index contributed by atoms with van der Waals surface area (Å²) in [5, 5.41) is 0. The zero-order chi connectivity index (χ0) is 13.0. The van der Waals surface area contributed by atoms with Crippen molar-refractivity contribution in [3.05, 3.63) is 42.0 Å². The van der Waals surface area contributed by atoms with Gasteiger partial charge in [0, 0.05) is 30.2 Å². The first-order chi connectivity index (χ1) is 8.68. The lowest BCUT2D eigenvalue weighted by Crippen LogP contribution is -2.05. The first kappa shape index (κ1) is 12.5. The predicted molar refractivity (Wildman–Crippen MR) is 72.7 cm³/mol. The minimum Gasteiger partial charge on any atom is -0.493 e. The van der Waals surface area contributed by atoms with Gasteiger partial charge in [-0.1, -0.05) is 6.07 Å². The molecule has 1 heterocycles. The lowest BCUT2D eigenvalue weighted by Gasteiger charge is -2.13. The van der Waals surface area contributed by atoms with Crippen LogP contribution in [-0.4, -0.2) is 16.2 Å². The second kappa shape index (κ2) is 5.58. The SMILES string of the molecule is Cc1ccc(N)c(C)c1OCCCn1ccnc1. The maximum absolute atomic E-state index is 5.88. The Morgan fingerprint density at radius 1 is 1.33 bits per heavy atom. The van der Waals surface area contributed by atoms with Gasteiger partial charge < -0.3 is 15.0 Å². The number of ether oxygens (including phenoxy) is 1. The Balaban J connectivity index is 1.88. The molecule has 0 atom stereocenters. The van der Waals surface area contributed by atoms with Gasteiger partial charge in [0.15, 0.2) is 0 Å². The van der Waals surface area contributed by atoms with Gasteiger partial charge in [-0.15, -0.1) is 0 Å². The van der Waals surface area contributed by atoms with E-state index in [2.05, 4.69) is 4.98 Å². The molecule has 0 aliphatic rings. The van der Waals surface area contributed by atoms with Crippen LogP contribution in [0, 0.1) is 13.8 Å². The van der Waals surface area contributed by atoms with Crippen LogP contribution in [0.4, 0.5) is 5.69 Å². The number of hydrogen-bond donors (Lipinski definition) is 1. The maximum Gasteiger partial charge on any atom is 0.127 e. The van der Waals surface area contributed by atoms with Crippen LogP contribution in [0.1, 0.15) is 17.5 Å². The molecule has 1 aromatic heterocycles. The van der Waals surface area contributed by atoms with Crippen LogP contribution in [0.2, 0.25) is 0 Å². The van der Waals surface area contributed by atoms with E-state index in [-0.39, 0.29) is 0 Å². The number of nitrogens with zero attached hydrogens (tertiary/aromatic N) is 2. The molecule has 18 heavy (non-hydrogen) atoms. The Morgan fingerprint density at radius 3 is 2.89 bits per heavy atom. The Morgan fingerprint density at radius 2 is 2.17 bits per heavy atom. The van der Waals surface area contributed by atoms with Gasteiger partial charge in [-0.3, -0.25) is 0 Å². The first-order valence-electron chi connectivity index (χ1n) is 6.12. The molecule has 0 fully saturated rings. The molecule has 0 aliphatic heterocycles. The van der Waals surface area contributed by atoms with E-state index in [9.17, 15) is 0 Å². The summed E-state index contributed by atoms with van der Waals surface area (Å²) < 4.78 is 7.88. The second-order valence-electron chi connectivity index (χ2n) is 4.43. The van der Waals surface area contributed by atoms with E-state index in [1.807, 2.05) is 43.1 Å². The van der Waals surface area contributed by atoms with Crippen LogP contribution in [0.5, 0.6) is 5.75 Å². The standard InChI is InChI=1S/C14H19N3O/c1-11-4-5-13(15)12(2)14(11)18-9-3-7-17-8-6-16-10-17/h4-6,8,10H,3,7,9,15H2,1-2H3. The highest BCUT2D eigenvalue weighted by atomic mass is 16.5. The fourth-order valence-corrected chi connectivity index (χ4v) is 1.90. The Labute approximate surface area is 107 Å². The molecule has 1 aromatic carbocycles. The van der Waals surface area contributed by atoms with E-state index in [1.165, 1.54) is 0 Å². The van der Waals surface area contributed by atoms with Gasteiger partial charge >= 0.3 is 0 Å². The molecule has 0 aliphatic carbocycles. The molecule has 0 spiro atoms. The smallest absolute Gasteiger partial charge is 0.127 e. The third kappa shape index (κ3) is 2.83. The molecule has 0 amide bonds. The Hall–Kier alpha value is -1.97. The molecular formula is C14H19N3O. The van der Waals surface area contributed by atoms with Crippen molar-refractivity contribution in [2.45, 2.75) is 26.8 Å². The summed E-state index contributed by atoms with van der Waals surface area (Å²) in [6.45, 7) is 5.63. The average molecular weight is 245 g/mol. The molecule has 2 aromatic rings. The third-order valence-electron chi connectivity index (χ3n) is 3.01. The van der Waals surface area contributed by atoms with Gasteiger partial charge in [-0.2, -0.15) is 0 Å². The van der Waals surface area contributed by atoms with E-state index in [0.717, 1.165) is 35.5 Å². The fourth-order valence-electron chi connectivity index (χ4n) is 1.90. The molecule has 0 saturated heterocycles. The van der Waals surface area contributed by atoms with Crippen molar-refractivity contribution in [3.63, 3.8) is 0 Å². The van der Waals surface area contributed by atoms with E-state index in [0.29, 0.717) is 6.61 Å². The number of hydrogen-bond acceptors (Lipinski definition) is 3. The lowest BCUT2D eigenvalue weighted by atomic mass is 10.1. The largest absolute Gasteiger partial charge is 0.493 e. The van der Waals surface area contributed by atoms with Crippen molar-refractivity contribution in [3.8, 4) is 5.75 Å².